The topological polar surface area (TPSA) is 37.3 Å². The van der Waals surface area contributed by atoms with E-state index in [1.165, 1.54) is 19.3 Å². The smallest absolute Gasteiger partial charge is 0.0744 e. The van der Waals surface area contributed by atoms with Gasteiger partial charge in [0.1, 0.15) is 0 Å². The molecule has 3 rings (SSSR count). The van der Waals surface area contributed by atoms with Crippen LogP contribution in [-0.2, 0) is 10.8 Å². The maximum Gasteiger partial charge on any atom is 0.0744 e. The first-order valence-electron chi connectivity index (χ1n) is 6.87. The fourth-order valence-corrected chi connectivity index (χ4v) is 5.33. The molecule has 2 aliphatic carbocycles. The lowest BCUT2D eigenvalue weighted by molar-refractivity contribution is -0.0810. The third-order valence-corrected chi connectivity index (χ3v) is 6.40. The van der Waals surface area contributed by atoms with Gasteiger partial charge in [0, 0.05) is 4.90 Å². The Morgan fingerprint density at radius 2 is 1.78 bits per heavy atom. The van der Waals surface area contributed by atoms with Gasteiger partial charge in [-0.3, -0.25) is 4.21 Å². The van der Waals surface area contributed by atoms with Crippen molar-refractivity contribution in [3.63, 3.8) is 0 Å². The summed E-state index contributed by atoms with van der Waals surface area (Å²) in [6.07, 6.45) is 6.56. The van der Waals surface area contributed by atoms with Crippen LogP contribution >= 0.6 is 0 Å². The summed E-state index contributed by atoms with van der Waals surface area (Å²) in [4.78, 5) is 0.854. The van der Waals surface area contributed by atoms with Crippen LogP contribution in [0.1, 0.15) is 38.5 Å². The highest BCUT2D eigenvalue weighted by Crippen LogP contribution is 2.53. The monoisotopic (exact) mass is 264 g/mol. The molecular weight excluding hydrogens is 244 g/mol. The largest absolute Gasteiger partial charge is 0.391 e. The van der Waals surface area contributed by atoms with Crippen LogP contribution in [-0.4, -0.2) is 20.7 Å². The first kappa shape index (κ1) is 12.4. The van der Waals surface area contributed by atoms with Gasteiger partial charge in [-0.1, -0.05) is 37.5 Å². The van der Waals surface area contributed by atoms with Crippen LogP contribution in [0.15, 0.2) is 35.2 Å². The normalized spacial score (nSPS) is 31.8. The van der Waals surface area contributed by atoms with E-state index >= 15 is 0 Å². The molecule has 1 aromatic rings. The Morgan fingerprint density at radius 3 is 2.39 bits per heavy atom. The second-order valence-corrected chi connectivity index (χ2v) is 7.39. The number of aliphatic hydroxyl groups excluding tert-OH is 1. The molecule has 2 nitrogen and oxygen atoms in total. The van der Waals surface area contributed by atoms with E-state index in [4.69, 9.17) is 0 Å². The van der Waals surface area contributed by atoms with E-state index in [1.807, 2.05) is 30.3 Å². The van der Waals surface area contributed by atoms with Crippen molar-refractivity contribution in [1.82, 2.24) is 0 Å². The lowest BCUT2D eigenvalue weighted by Gasteiger charge is -2.54. The summed E-state index contributed by atoms with van der Waals surface area (Å²) >= 11 is 0. The molecule has 1 N–H and O–H groups in total. The zero-order valence-corrected chi connectivity index (χ0v) is 11.4. The highest BCUT2D eigenvalue weighted by atomic mass is 32.2. The molecule has 1 unspecified atom stereocenters. The number of hydrogen-bond donors (Lipinski definition) is 1. The van der Waals surface area contributed by atoms with Crippen LogP contribution in [0.2, 0.25) is 0 Å². The Kier molecular flexibility index (Phi) is 3.29. The molecule has 98 valence electrons. The van der Waals surface area contributed by atoms with Gasteiger partial charge < -0.3 is 5.11 Å². The standard InChI is InChI=1S/C15H20O2S/c16-14-13(11-15(14)9-5-2-6-10-15)18(17)12-7-3-1-4-8-12/h1,3-4,7-8,13-14,16H,2,5-6,9-11H2/t13-,14+,18?/m1/s1. The minimum Gasteiger partial charge on any atom is -0.391 e. The average Bonchev–Trinajstić information content (AvgIpc) is 2.46. The summed E-state index contributed by atoms with van der Waals surface area (Å²) in [6.45, 7) is 0. The van der Waals surface area contributed by atoms with Gasteiger partial charge in [0.15, 0.2) is 0 Å². The van der Waals surface area contributed by atoms with Crippen molar-refractivity contribution in [1.29, 1.82) is 0 Å². The second-order valence-electron chi connectivity index (χ2n) is 5.72. The molecule has 2 saturated carbocycles. The zero-order chi connectivity index (χ0) is 12.6. The van der Waals surface area contributed by atoms with Gasteiger partial charge in [0.25, 0.3) is 0 Å². The van der Waals surface area contributed by atoms with Crippen molar-refractivity contribution in [3.05, 3.63) is 30.3 Å². The van der Waals surface area contributed by atoms with Crippen LogP contribution in [0.5, 0.6) is 0 Å². The lowest BCUT2D eigenvalue weighted by atomic mass is 9.58. The van der Waals surface area contributed by atoms with E-state index in [1.54, 1.807) is 0 Å². The molecular formula is C15H20O2S. The van der Waals surface area contributed by atoms with E-state index in [-0.39, 0.29) is 16.8 Å². The molecule has 3 atom stereocenters. The third kappa shape index (κ3) is 1.94. The van der Waals surface area contributed by atoms with Gasteiger partial charge in [0.05, 0.1) is 22.2 Å². The van der Waals surface area contributed by atoms with E-state index < -0.39 is 10.8 Å². The molecule has 1 aromatic carbocycles. The van der Waals surface area contributed by atoms with Gasteiger partial charge >= 0.3 is 0 Å². The van der Waals surface area contributed by atoms with Gasteiger partial charge in [-0.05, 0) is 36.8 Å². The number of rotatable bonds is 2. The molecule has 0 aromatic heterocycles. The molecule has 0 amide bonds. The molecule has 18 heavy (non-hydrogen) atoms. The van der Waals surface area contributed by atoms with Gasteiger partial charge in [-0.25, -0.2) is 0 Å². The van der Waals surface area contributed by atoms with E-state index in [0.29, 0.717) is 0 Å². The summed E-state index contributed by atoms with van der Waals surface area (Å²) in [5, 5.41) is 10.4. The molecule has 2 aliphatic rings. The summed E-state index contributed by atoms with van der Waals surface area (Å²) in [7, 11) is -1.05. The third-order valence-electron chi connectivity index (χ3n) is 4.69. The van der Waals surface area contributed by atoms with Crippen molar-refractivity contribution < 1.29 is 9.32 Å². The highest BCUT2D eigenvalue weighted by Gasteiger charge is 2.55. The van der Waals surface area contributed by atoms with Crippen LogP contribution < -0.4 is 0 Å². The van der Waals surface area contributed by atoms with Crippen molar-refractivity contribution in [2.45, 2.75) is 54.8 Å². The van der Waals surface area contributed by atoms with Crippen molar-refractivity contribution >= 4 is 10.8 Å². The van der Waals surface area contributed by atoms with Crippen molar-refractivity contribution in [2.24, 2.45) is 5.41 Å². The summed E-state index contributed by atoms with van der Waals surface area (Å²) in [6, 6.07) is 9.55. The molecule has 0 aliphatic heterocycles. The summed E-state index contributed by atoms with van der Waals surface area (Å²) in [5.74, 6) is 0. The van der Waals surface area contributed by atoms with Gasteiger partial charge in [-0.2, -0.15) is 0 Å². The van der Waals surface area contributed by atoms with Crippen LogP contribution in [0.4, 0.5) is 0 Å². The second kappa shape index (κ2) is 4.78. The first-order chi connectivity index (χ1) is 8.73. The highest BCUT2D eigenvalue weighted by molar-refractivity contribution is 7.85. The summed E-state index contributed by atoms with van der Waals surface area (Å²) in [5.41, 5.74) is 0.105. The van der Waals surface area contributed by atoms with Crippen LogP contribution in [0, 0.1) is 5.41 Å². The lowest BCUT2D eigenvalue weighted by Crippen LogP contribution is -2.58. The molecule has 0 saturated heterocycles. The van der Waals surface area contributed by atoms with E-state index in [9.17, 15) is 9.32 Å². The maximum absolute atomic E-state index is 12.4. The predicted molar refractivity (Wildman–Crippen MR) is 72.8 cm³/mol. The van der Waals surface area contributed by atoms with Crippen molar-refractivity contribution in [3.8, 4) is 0 Å². The number of aliphatic hydroxyl groups is 1. The minimum atomic E-state index is -1.05. The molecule has 2 fully saturated rings. The van der Waals surface area contributed by atoms with E-state index in [2.05, 4.69) is 0 Å². The first-order valence-corrected chi connectivity index (χ1v) is 8.08. The van der Waals surface area contributed by atoms with Crippen LogP contribution in [0.3, 0.4) is 0 Å². The molecule has 0 bridgehead atoms. The Balaban J connectivity index is 1.71. The fourth-order valence-electron chi connectivity index (χ4n) is 3.54. The molecule has 3 heteroatoms. The maximum atomic E-state index is 12.4. The van der Waals surface area contributed by atoms with Gasteiger partial charge in [0.2, 0.25) is 0 Å². The molecule has 0 heterocycles. The predicted octanol–water partition coefficient (Wildman–Crippen LogP) is 2.88. The quantitative estimate of drug-likeness (QED) is 0.892. The van der Waals surface area contributed by atoms with E-state index in [0.717, 1.165) is 24.2 Å². The molecule has 0 radical (unpaired) electrons. The number of benzene rings is 1. The molecule has 1 spiro atoms. The Morgan fingerprint density at radius 1 is 1.11 bits per heavy atom. The van der Waals surface area contributed by atoms with Crippen LogP contribution in [0.25, 0.3) is 0 Å². The van der Waals surface area contributed by atoms with Gasteiger partial charge in [-0.15, -0.1) is 0 Å². The fraction of sp³-hybridized carbons (Fsp3) is 0.600. The summed E-state index contributed by atoms with van der Waals surface area (Å²) < 4.78 is 12.4. The average molecular weight is 264 g/mol. The Bertz CT molecular complexity index is 437. The number of hydrogen-bond acceptors (Lipinski definition) is 2. The SMILES string of the molecule is O=S(c1ccccc1)[C@@H]1CC2(CCCCC2)[C@H]1O. The Hall–Kier alpha value is -0.670. The minimum absolute atomic E-state index is 0.0505. The Labute approximate surface area is 111 Å². The zero-order valence-electron chi connectivity index (χ0n) is 10.5. The van der Waals surface area contributed by atoms with Crippen molar-refractivity contribution in [2.75, 3.05) is 0 Å².